The molecule has 0 aliphatic carbocycles. The van der Waals surface area contributed by atoms with Gasteiger partial charge in [0.1, 0.15) is 11.5 Å². The van der Waals surface area contributed by atoms with Gasteiger partial charge in [-0.05, 0) is 29.7 Å². The van der Waals surface area contributed by atoms with Crippen LogP contribution in [0.3, 0.4) is 0 Å². The Hall–Kier alpha value is -3.06. The lowest BCUT2D eigenvalue weighted by Gasteiger charge is -2.29. The van der Waals surface area contributed by atoms with Gasteiger partial charge in [-0.1, -0.05) is 30.3 Å². The third-order valence-corrected chi connectivity index (χ3v) is 5.52. The second kappa shape index (κ2) is 7.90. The van der Waals surface area contributed by atoms with Gasteiger partial charge >= 0.3 is 5.97 Å². The lowest BCUT2D eigenvalue weighted by atomic mass is 10.2. The number of hydrogen-bond donors (Lipinski definition) is 0. The van der Waals surface area contributed by atoms with Crippen LogP contribution in [-0.2, 0) is 9.53 Å². The normalized spacial score (nSPS) is 15.2. The Morgan fingerprint density at radius 1 is 1.14 bits per heavy atom. The first-order valence-electron chi connectivity index (χ1n) is 8.88. The number of nitrogens with zero attached hydrogens (tertiary/aromatic N) is 1. The summed E-state index contributed by atoms with van der Waals surface area (Å²) in [5, 5.41) is 0.984. The Kier molecular flexibility index (Phi) is 5.16. The summed E-state index contributed by atoms with van der Waals surface area (Å²) in [5.74, 6) is 0.576. The SMILES string of the molecule is CN(C[C@H]1COc2ccccc2O1)C(=O)COC(=O)c1cc2ccccc2s1. The van der Waals surface area contributed by atoms with Crippen molar-refractivity contribution in [2.45, 2.75) is 6.10 Å². The van der Waals surface area contributed by atoms with E-state index in [-0.39, 0.29) is 18.6 Å². The van der Waals surface area contributed by atoms with E-state index in [9.17, 15) is 9.59 Å². The summed E-state index contributed by atoms with van der Waals surface area (Å²) in [6.07, 6.45) is -0.276. The number of esters is 1. The van der Waals surface area contributed by atoms with Crippen LogP contribution < -0.4 is 9.47 Å². The molecule has 0 N–H and O–H groups in total. The third-order valence-electron chi connectivity index (χ3n) is 4.42. The molecule has 0 unspecified atom stereocenters. The molecule has 1 aliphatic heterocycles. The maximum absolute atomic E-state index is 12.3. The predicted octanol–water partition coefficient (Wildman–Crippen LogP) is 3.36. The van der Waals surface area contributed by atoms with Crippen molar-refractivity contribution in [3.63, 3.8) is 0 Å². The van der Waals surface area contributed by atoms with E-state index in [1.807, 2.05) is 48.5 Å². The van der Waals surface area contributed by atoms with Gasteiger partial charge in [-0.2, -0.15) is 0 Å². The van der Waals surface area contributed by atoms with Crippen molar-refractivity contribution in [1.29, 1.82) is 0 Å². The lowest BCUT2D eigenvalue weighted by Crippen LogP contribution is -2.43. The maximum atomic E-state index is 12.3. The molecule has 0 radical (unpaired) electrons. The molecule has 0 spiro atoms. The van der Waals surface area contributed by atoms with Crippen LogP contribution in [0.15, 0.2) is 54.6 Å². The van der Waals surface area contributed by atoms with Crippen molar-refractivity contribution in [3.05, 3.63) is 59.5 Å². The van der Waals surface area contributed by atoms with Gasteiger partial charge in [0.2, 0.25) is 0 Å². The van der Waals surface area contributed by atoms with Crippen LogP contribution in [0.2, 0.25) is 0 Å². The summed E-state index contributed by atoms with van der Waals surface area (Å²) in [6.45, 7) is 0.386. The number of fused-ring (bicyclic) bond motifs is 2. The molecule has 7 heteroatoms. The van der Waals surface area contributed by atoms with Crippen molar-refractivity contribution in [2.24, 2.45) is 0 Å². The Balaban J connectivity index is 1.29. The molecule has 2 aromatic carbocycles. The molecule has 28 heavy (non-hydrogen) atoms. The first-order valence-corrected chi connectivity index (χ1v) is 9.70. The number of thiophene rings is 1. The molecule has 1 amide bonds. The standard InChI is InChI=1S/C21H19NO5S/c1-22(11-15-12-25-16-7-3-4-8-17(16)27-15)20(23)13-26-21(24)19-10-14-6-2-5-9-18(14)28-19/h2-10,15H,11-13H2,1H3/t15-/m0/s1. The van der Waals surface area contributed by atoms with Crippen LogP contribution in [0.4, 0.5) is 0 Å². The molecule has 1 aromatic heterocycles. The van der Waals surface area contributed by atoms with Crippen LogP contribution in [0.25, 0.3) is 10.1 Å². The largest absolute Gasteiger partial charge is 0.486 e. The van der Waals surface area contributed by atoms with Crippen LogP contribution in [-0.4, -0.2) is 49.7 Å². The highest BCUT2D eigenvalue weighted by molar-refractivity contribution is 7.20. The van der Waals surface area contributed by atoms with E-state index in [0.29, 0.717) is 29.5 Å². The van der Waals surface area contributed by atoms with Crippen molar-refractivity contribution >= 4 is 33.3 Å². The molecule has 0 saturated carbocycles. The van der Waals surface area contributed by atoms with Crippen molar-refractivity contribution in [1.82, 2.24) is 4.90 Å². The number of rotatable bonds is 5. The highest BCUT2D eigenvalue weighted by Gasteiger charge is 2.24. The van der Waals surface area contributed by atoms with Crippen LogP contribution in [0.1, 0.15) is 9.67 Å². The molecule has 4 rings (SSSR count). The Bertz CT molecular complexity index is 982. The Morgan fingerprint density at radius 3 is 2.71 bits per heavy atom. The molecular weight excluding hydrogens is 378 g/mol. The quantitative estimate of drug-likeness (QED) is 0.618. The van der Waals surface area contributed by atoms with Crippen LogP contribution >= 0.6 is 11.3 Å². The van der Waals surface area contributed by atoms with Crippen LogP contribution in [0, 0.1) is 0 Å². The molecule has 2 heterocycles. The number of carbonyl (C=O) groups is 2. The molecule has 144 valence electrons. The molecule has 3 aromatic rings. The number of carbonyl (C=O) groups excluding carboxylic acids is 2. The Morgan fingerprint density at radius 2 is 1.89 bits per heavy atom. The summed E-state index contributed by atoms with van der Waals surface area (Å²) < 4.78 is 17.7. The highest BCUT2D eigenvalue weighted by atomic mass is 32.1. The topological polar surface area (TPSA) is 65.1 Å². The number of amides is 1. The zero-order valence-corrected chi connectivity index (χ0v) is 16.1. The Labute approximate surface area is 166 Å². The average Bonchev–Trinajstić information content (AvgIpc) is 3.16. The van der Waals surface area contributed by atoms with E-state index in [4.69, 9.17) is 14.2 Å². The van der Waals surface area contributed by atoms with Gasteiger partial charge in [-0.25, -0.2) is 4.79 Å². The van der Waals surface area contributed by atoms with E-state index < -0.39 is 5.97 Å². The van der Waals surface area contributed by atoms with Crippen molar-refractivity contribution < 1.29 is 23.8 Å². The average molecular weight is 397 g/mol. The van der Waals surface area contributed by atoms with Gasteiger partial charge < -0.3 is 19.1 Å². The van der Waals surface area contributed by atoms with Gasteiger partial charge in [0.25, 0.3) is 5.91 Å². The number of para-hydroxylation sites is 2. The van der Waals surface area contributed by atoms with Crippen molar-refractivity contribution in [2.75, 3.05) is 26.8 Å². The molecule has 0 bridgehead atoms. The molecule has 6 nitrogen and oxygen atoms in total. The fraction of sp³-hybridized carbons (Fsp3) is 0.238. The summed E-state index contributed by atoms with van der Waals surface area (Å²) in [6, 6.07) is 16.9. The summed E-state index contributed by atoms with van der Waals surface area (Å²) in [5.41, 5.74) is 0. The molecule has 0 fully saturated rings. The molecule has 0 saturated heterocycles. The summed E-state index contributed by atoms with van der Waals surface area (Å²) >= 11 is 1.35. The van der Waals surface area contributed by atoms with E-state index in [0.717, 1.165) is 10.1 Å². The third kappa shape index (κ3) is 3.94. The fourth-order valence-corrected chi connectivity index (χ4v) is 3.91. The van der Waals surface area contributed by atoms with Gasteiger partial charge in [0, 0.05) is 11.7 Å². The van der Waals surface area contributed by atoms with Gasteiger partial charge in [0.15, 0.2) is 24.2 Å². The fourth-order valence-electron chi connectivity index (χ4n) is 2.95. The molecule has 1 atom stereocenters. The van der Waals surface area contributed by atoms with E-state index in [1.165, 1.54) is 16.2 Å². The minimum absolute atomic E-state index is 0.276. The molecule has 1 aliphatic rings. The summed E-state index contributed by atoms with van der Waals surface area (Å²) in [4.78, 5) is 26.5. The van der Waals surface area contributed by atoms with E-state index in [2.05, 4.69) is 0 Å². The van der Waals surface area contributed by atoms with Gasteiger partial charge in [-0.3, -0.25) is 4.79 Å². The minimum atomic E-state index is -0.492. The number of hydrogen-bond acceptors (Lipinski definition) is 6. The minimum Gasteiger partial charge on any atom is -0.486 e. The smallest absolute Gasteiger partial charge is 0.348 e. The van der Waals surface area contributed by atoms with Crippen LogP contribution in [0.5, 0.6) is 11.5 Å². The maximum Gasteiger partial charge on any atom is 0.348 e. The second-order valence-electron chi connectivity index (χ2n) is 6.50. The zero-order chi connectivity index (χ0) is 19.5. The first kappa shape index (κ1) is 18.3. The number of ether oxygens (including phenoxy) is 3. The number of likely N-dealkylation sites (N-methyl/N-ethyl adjacent to an activating group) is 1. The van der Waals surface area contributed by atoms with Gasteiger partial charge in [0.05, 0.1) is 6.54 Å². The highest BCUT2D eigenvalue weighted by Crippen LogP contribution is 2.31. The zero-order valence-electron chi connectivity index (χ0n) is 15.3. The second-order valence-corrected chi connectivity index (χ2v) is 7.58. The lowest BCUT2D eigenvalue weighted by molar-refractivity contribution is -0.134. The molecular formula is C21H19NO5S. The predicted molar refractivity (Wildman–Crippen MR) is 106 cm³/mol. The van der Waals surface area contributed by atoms with E-state index in [1.54, 1.807) is 13.1 Å². The van der Waals surface area contributed by atoms with Gasteiger partial charge in [-0.15, -0.1) is 11.3 Å². The number of benzene rings is 2. The monoisotopic (exact) mass is 397 g/mol. The van der Waals surface area contributed by atoms with E-state index >= 15 is 0 Å². The summed E-state index contributed by atoms with van der Waals surface area (Å²) in [7, 11) is 1.65. The van der Waals surface area contributed by atoms with Crippen molar-refractivity contribution in [3.8, 4) is 11.5 Å². The first-order chi connectivity index (χ1) is 13.6.